The van der Waals surface area contributed by atoms with Crippen molar-refractivity contribution in [2.75, 3.05) is 5.75 Å². The summed E-state index contributed by atoms with van der Waals surface area (Å²) >= 11 is 0. The monoisotopic (exact) mass is 101 g/mol. The van der Waals surface area contributed by atoms with Gasteiger partial charge in [-0.05, 0) is 0 Å². The first-order valence-corrected chi connectivity index (χ1v) is 3.30. The van der Waals surface area contributed by atoms with Gasteiger partial charge in [0.05, 0.1) is 0 Å². The van der Waals surface area contributed by atoms with Crippen molar-refractivity contribution >= 4 is 16.5 Å². The van der Waals surface area contributed by atoms with Gasteiger partial charge in [0.1, 0.15) is 0 Å². The minimum absolute atomic E-state index is 0.228. The Balaban J connectivity index is 2.47. The number of rotatable bonds is 0. The van der Waals surface area contributed by atoms with Crippen molar-refractivity contribution in [1.29, 1.82) is 0 Å². The van der Waals surface area contributed by atoms with E-state index in [1.54, 1.807) is 0 Å². The van der Waals surface area contributed by atoms with Crippen LogP contribution in [0.2, 0.25) is 0 Å². The van der Waals surface area contributed by atoms with Crippen molar-refractivity contribution in [2.24, 2.45) is 0 Å². The fraction of sp³-hybridized carbons (Fsp3) is 0.250. The predicted molar refractivity (Wildman–Crippen MR) is 31.9 cm³/mol. The molecule has 1 N–H and O–H groups in total. The molecule has 0 aromatic rings. The van der Waals surface area contributed by atoms with Crippen LogP contribution in [0.15, 0.2) is 12.3 Å². The lowest BCUT2D eigenvalue weighted by Crippen LogP contribution is -2.20. The summed E-state index contributed by atoms with van der Waals surface area (Å²) in [7, 11) is 0.228. The van der Waals surface area contributed by atoms with Crippen molar-refractivity contribution in [3.63, 3.8) is 0 Å². The second-order valence-corrected chi connectivity index (χ2v) is 2.82. The highest BCUT2D eigenvalue weighted by Crippen LogP contribution is 2.19. The first-order valence-electron chi connectivity index (χ1n) is 1.74. The van der Waals surface area contributed by atoms with E-state index in [4.69, 9.17) is 0 Å². The summed E-state index contributed by atoms with van der Waals surface area (Å²) in [5.74, 6) is 4.83. The van der Waals surface area contributed by atoms with Gasteiger partial charge < -0.3 is 4.72 Å². The summed E-state index contributed by atoms with van der Waals surface area (Å²) in [5.41, 5.74) is 1.13. The Kier molecular flexibility index (Phi) is 0.733. The van der Waals surface area contributed by atoms with E-state index in [2.05, 4.69) is 17.2 Å². The average Bonchev–Trinajstić information content (AvgIpc) is 1.33. The van der Waals surface area contributed by atoms with Crippen LogP contribution >= 0.6 is 10.7 Å². The average molecular weight is 101 g/mol. The van der Waals surface area contributed by atoms with Crippen LogP contribution in [0.4, 0.5) is 0 Å². The summed E-state index contributed by atoms with van der Waals surface area (Å²) in [6, 6.07) is 0. The third kappa shape index (κ3) is 0.476. The molecule has 0 aromatic carbocycles. The van der Waals surface area contributed by atoms with E-state index >= 15 is 0 Å². The van der Waals surface area contributed by atoms with Crippen molar-refractivity contribution < 1.29 is 0 Å². The van der Waals surface area contributed by atoms with Gasteiger partial charge in [0.25, 0.3) is 0 Å². The van der Waals surface area contributed by atoms with Gasteiger partial charge in [-0.2, -0.15) is 0 Å². The van der Waals surface area contributed by atoms with Crippen LogP contribution in [0.1, 0.15) is 0 Å². The Bertz CT molecular complexity index is 84.1. The second-order valence-electron chi connectivity index (χ2n) is 1.34. The first-order chi connectivity index (χ1) is 2.79. The molecule has 1 fully saturated rings. The van der Waals surface area contributed by atoms with Crippen LogP contribution in [-0.4, -0.2) is 11.6 Å². The SMILES string of the molecule is C=C1CS(=C)N1. The lowest BCUT2D eigenvalue weighted by molar-refractivity contribution is 1.15. The molecule has 0 aliphatic carbocycles. The lowest BCUT2D eigenvalue weighted by Gasteiger charge is -2.22. The first kappa shape index (κ1) is 3.93. The Morgan fingerprint density at radius 3 is 2.33 bits per heavy atom. The summed E-state index contributed by atoms with van der Waals surface area (Å²) in [6.45, 7) is 3.67. The van der Waals surface area contributed by atoms with E-state index in [-0.39, 0.29) is 10.7 Å². The summed E-state index contributed by atoms with van der Waals surface area (Å²) in [4.78, 5) is 0. The molecule has 34 valence electrons. The molecule has 0 radical (unpaired) electrons. The molecule has 1 heterocycles. The van der Waals surface area contributed by atoms with Gasteiger partial charge in [-0.3, -0.25) is 0 Å². The topological polar surface area (TPSA) is 12.0 Å². The summed E-state index contributed by atoms with van der Waals surface area (Å²) in [6.07, 6.45) is 0. The van der Waals surface area contributed by atoms with Gasteiger partial charge in [-0.15, -0.1) is 0 Å². The number of nitrogens with one attached hydrogen (secondary N) is 1. The van der Waals surface area contributed by atoms with E-state index < -0.39 is 0 Å². The molecule has 1 unspecified atom stereocenters. The highest BCUT2D eigenvalue weighted by atomic mass is 32.2. The smallest absolute Gasteiger partial charge is 0.0459 e. The van der Waals surface area contributed by atoms with Gasteiger partial charge >= 0.3 is 0 Å². The molecule has 0 aromatic heterocycles. The van der Waals surface area contributed by atoms with E-state index in [0.717, 1.165) is 11.4 Å². The Morgan fingerprint density at radius 2 is 2.33 bits per heavy atom. The highest BCUT2D eigenvalue weighted by molar-refractivity contribution is 8.13. The fourth-order valence-electron chi connectivity index (χ4n) is 0.399. The van der Waals surface area contributed by atoms with Crippen molar-refractivity contribution in [3.8, 4) is 0 Å². The molecule has 1 saturated heterocycles. The van der Waals surface area contributed by atoms with E-state index in [1.807, 2.05) is 0 Å². The zero-order valence-corrected chi connectivity index (χ0v) is 4.35. The van der Waals surface area contributed by atoms with Gasteiger partial charge in [-0.25, -0.2) is 0 Å². The molecular formula is C4H7NS. The van der Waals surface area contributed by atoms with Crippen LogP contribution in [0.25, 0.3) is 0 Å². The third-order valence-corrected chi connectivity index (χ3v) is 1.91. The van der Waals surface area contributed by atoms with Crippen LogP contribution in [0.3, 0.4) is 0 Å². The molecule has 0 amide bonds. The van der Waals surface area contributed by atoms with Crippen molar-refractivity contribution in [1.82, 2.24) is 4.72 Å². The minimum atomic E-state index is 0.228. The fourth-order valence-corrected chi connectivity index (χ4v) is 1.20. The molecule has 1 aliphatic heterocycles. The normalized spacial score (nSPS) is 31.3. The molecule has 2 heteroatoms. The molecule has 6 heavy (non-hydrogen) atoms. The largest absolute Gasteiger partial charge is 0.339 e. The van der Waals surface area contributed by atoms with E-state index in [1.165, 1.54) is 0 Å². The van der Waals surface area contributed by atoms with E-state index in [0.29, 0.717) is 0 Å². The van der Waals surface area contributed by atoms with Crippen LogP contribution < -0.4 is 4.72 Å². The van der Waals surface area contributed by atoms with Crippen LogP contribution in [0, 0.1) is 0 Å². The number of hydrogen-bond acceptors (Lipinski definition) is 1. The maximum absolute atomic E-state index is 3.75. The maximum atomic E-state index is 3.75. The zero-order chi connectivity index (χ0) is 4.57. The molecule has 0 spiro atoms. The number of hydrogen-bond donors (Lipinski definition) is 1. The molecule has 1 aliphatic rings. The van der Waals surface area contributed by atoms with Gasteiger partial charge in [0.2, 0.25) is 0 Å². The Labute approximate surface area is 40.1 Å². The van der Waals surface area contributed by atoms with E-state index in [9.17, 15) is 0 Å². The third-order valence-electron chi connectivity index (χ3n) is 0.637. The highest BCUT2D eigenvalue weighted by Gasteiger charge is 2.04. The quantitative estimate of drug-likeness (QED) is 0.443. The molecule has 1 rings (SSSR count). The standard InChI is InChI=1S/C4H7NS/c1-4-3-6(2)5-4/h5H,1-3H2. The maximum Gasteiger partial charge on any atom is 0.0459 e. The summed E-state index contributed by atoms with van der Waals surface area (Å²) in [5, 5.41) is 0. The molecule has 1 nitrogen and oxygen atoms in total. The predicted octanol–water partition coefficient (Wildman–Crippen LogP) is 0.719. The van der Waals surface area contributed by atoms with Crippen molar-refractivity contribution in [3.05, 3.63) is 12.3 Å². The van der Waals surface area contributed by atoms with Crippen LogP contribution in [-0.2, 0) is 0 Å². The minimum Gasteiger partial charge on any atom is -0.339 e. The van der Waals surface area contributed by atoms with Gasteiger partial charge in [0.15, 0.2) is 0 Å². The molecule has 1 atom stereocenters. The molecular weight excluding hydrogens is 94.1 g/mol. The Hall–Kier alpha value is -0.240. The summed E-state index contributed by atoms with van der Waals surface area (Å²) < 4.78 is 3.03. The second kappa shape index (κ2) is 1.12. The van der Waals surface area contributed by atoms with Gasteiger partial charge in [-0.1, -0.05) is 23.1 Å². The van der Waals surface area contributed by atoms with Crippen LogP contribution in [0.5, 0.6) is 0 Å². The Morgan fingerprint density at radius 1 is 1.83 bits per heavy atom. The lowest BCUT2D eigenvalue weighted by atomic mass is 10.6. The molecule has 0 saturated carbocycles. The zero-order valence-electron chi connectivity index (χ0n) is 3.53. The van der Waals surface area contributed by atoms with Gasteiger partial charge in [0, 0.05) is 11.4 Å². The van der Waals surface area contributed by atoms with Crippen molar-refractivity contribution in [2.45, 2.75) is 0 Å². The molecule has 0 bridgehead atoms.